The fourth-order valence-corrected chi connectivity index (χ4v) is 1.54. The fraction of sp³-hybridized carbons (Fsp3) is 0.0833. The van der Waals surface area contributed by atoms with Crippen LogP contribution < -0.4 is 5.32 Å². The van der Waals surface area contributed by atoms with E-state index < -0.39 is 11.7 Å². The number of aryl methyl sites for hydroxylation is 1. The Labute approximate surface area is 107 Å². The van der Waals surface area contributed by atoms with Crippen LogP contribution in [0.3, 0.4) is 0 Å². The van der Waals surface area contributed by atoms with Crippen LogP contribution in [0.1, 0.15) is 21.8 Å². The minimum Gasteiger partial charge on any atom is -0.411 e. The van der Waals surface area contributed by atoms with Gasteiger partial charge in [0, 0.05) is 5.69 Å². The number of benzene rings is 1. The van der Waals surface area contributed by atoms with E-state index >= 15 is 0 Å². The van der Waals surface area contributed by atoms with Crippen molar-refractivity contribution in [2.75, 3.05) is 5.32 Å². The number of oxime groups is 1. The lowest BCUT2D eigenvalue weighted by Crippen LogP contribution is -2.14. The molecule has 2 rings (SSSR count). The van der Waals surface area contributed by atoms with Gasteiger partial charge < -0.3 is 15.0 Å². The summed E-state index contributed by atoms with van der Waals surface area (Å²) in [6.07, 6.45) is 0.996. The summed E-state index contributed by atoms with van der Waals surface area (Å²) in [5, 5.41) is 17.4. The number of halogens is 1. The zero-order valence-electron chi connectivity index (χ0n) is 9.92. The van der Waals surface area contributed by atoms with Crippen LogP contribution in [0, 0.1) is 12.7 Å². The third kappa shape index (κ3) is 2.76. The Bertz CT molecular complexity index is 620. The molecule has 0 bridgehead atoms. The third-order valence-corrected chi connectivity index (χ3v) is 2.40. The predicted molar refractivity (Wildman–Crippen MR) is 65.0 cm³/mol. The Morgan fingerprint density at radius 2 is 2.16 bits per heavy atom. The Hall–Kier alpha value is -2.70. The van der Waals surface area contributed by atoms with E-state index in [0.717, 1.165) is 6.21 Å². The number of rotatable bonds is 3. The minimum absolute atomic E-state index is 0.111. The number of carbonyl (C=O) groups excluding carboxylic acids is 1. The zero-order chi connectivity index (χ0) is 13.8. The Morgan fingerprint density at radius 1 is 1.47 bits per heavy atom. The molecule has 0 aliphatic heterocycles. The summed E-state index contributed by atoms with van der Waals surface area (Å²) in [6.45, 7) is 1.56. The number of carbonyl (C=O) groups is 1. The topological polar surface area (TPSA) is 87.7 Å². The standard InChI is InChI=1S/C12H10FN3O3/c1-7-11(10(6-14-18)16-19-7)12(17)15-9-4-2-8(13)3-5-9/h2-6,18H,1H3,(H,15,17). The summed E-state index contributed by atoms with van der Waals surface area (Å²) in [7, 11) is 0. The first-order valence-electron chi connectivity index (χ1n) is 5.32. The van der Waals surface area contributed by atoms with Gasteiger partial charge in [0.05, 0.1) is 6.21 Å². The Morgan fingerprint density at radius 3 is 2.79 bits per heavy atom. The number of anilines is 1. The predicted octanol–water partition coefficient (Wildman–Crippen LogP) is 2.18. The van der Waals surface area contributed by atoms with E-state index in [1.54, 1.807) is 6.92 Å². The largest absolute Gasteiger partial charge is 0.411 e. The Kier molecular flexibility index (Phi) is 3.56. The quantitative estimate of drug-likeness (QED) is 0.504. The van der Waals surface area contributed by atoms with E-state index in [2.05, 4.69) is 15.6 Å². The lowest BCUT2D eigenvalue weighted by atomic mass is 10.2. The molecule has 6 nitrogen and oxygen atoms in total. The molecule has 0 radical (unpaired) electrons. The fourth-order valence-electron chi connectivity index (χ4n) is 1.54. The van der Waals surface area contributed by atoms with Gasteiger partial charge in [-0.2, -0.15) is 0 Å². The highest BCUT2D eigenvalue weighted by Crippen LogP contribution is 2.15. The molecule has 7 heteroatoms. The maximum atomic E-state index is 12.7. The smallest absolute Gasteiger partial charge is 0.261 e. The lowest BCUT2D eigenvalue weighted by molar-refractivity contribution is 0.102. The minimum atomic E-state index is -0.486. The first-order valence-corrected chi connectivity index (χ1v) is 5.32. The van der Waals surface area contributed by atoms with Gasteiger partial charge in [-0.15, -0.1) is 0 Å². The second kappa shape index (κ2) is 5.30. The van der Waals surface area contributed by atoms with Crippen LogP contribution in [-0.4, -0.2) is 22.5 Å². The molecule has 0 atom stereocenters. The summed E-state index contributed by atoms with van der Waals surface area (Å²) in [4.78, 5) is 12.0. The van der Waals surface area contributed by atoms with E-state index in [0.29, 0.717) is 5.69 Å². The molecule has 1 heterocycles. The highest BCUT2D eigenvalue weighted by atomic mass is 19.1. The molecule has 0 spiro atoms. The van der Waals surface area contributed by atoms with Crippen molar-refractivity contribution in [2.24, 2.45) is 5.16 Å². The van der Waals surface area contributed by atoms with Crippen molar-refractivity contribution in [3.05, 3.63) is 47.1 Å². The monoisotopic (exact) mass is 263 g/mol. The van der Waals surface area contributed by atoms with Crippen LogP contribution in [0.15, 0.2) is 33.9 Å². The first-order chi connectivity index (χ1) is 9.11. The van der Waals surface area contributed by atoms with Crippen LogP contribution in [0.5, 0.6) is 0 Å². The van der Waals surface area contributed by atoms with Gasteiger partial charge in [0.2, 0.25) is 0 Å². The normalized spacial score (nSPS) is 10.8. The van der Waals surface area contributed by atoms with Crippen molar-refractivity contribution in [1.29, 1.82) is 0 Å². The molecule has 0 unspecified atom stereocenters. The number of aromatic nitrogens is 1. The van der Waals surface area contributed by atoms with Gasteiger partial charge >= 0.3 is 0 Å². The molecule has 1 amide bonds. The number of hydrogen-bond donors (Lipinski definition) is 2. The van der Waals surface area contributed by atoms with E-state index in [-0.39, 0.29) is 17.0 Å². The summed E-state index contributed by atoms with van der Waals surface area (Å²) < 4.78 is 17.6. The maximum Gasteiger partial charge on any atom is 0.261 e. The van der Waals surface area contributed by atoms with Crippen LogP contribution in [-0.2, 0) is 0 Å². The molecule has 98 valence electrons. The molecular formula is C12H10FN3O3. The molecule has 0 aliphatic carbocycles. The average Bonchev–Trinajstić information content (AvgIpc) is 2.74. The van der Waals surface area contributed by atoms with Gasteiger partial charge in [0.15, 0.2) is 0 Å². The third-order valence-electron chi connectivity index (χ3n) is 2.40. The molecule has 0 saturated carbocycles. The van der Waals surface area contributed by atoms with E-state index in [4.69, 9.17) is 9.73 Å². The van der Waals surface area contributed by atoms with Crippen LogP contribution in [0.2, 0.25) is 0 Å². The average molecular weight is 263 g/mol. The molecule has 1 aromatic heterocycles. The number of hydrogen-bond acceptors (Lipinski definition) is 5. The molecule has 0 fully saturated rings. The SMILES string of the molecule is Cc1onc(C=NO)c1C(=O)Nc1ccc(F)cc1. The lowest BCUT2D eigenvalue weighted by Gasteiger charge is -2.04. The zero-order valence-corrected chi connectivity index (χ0v) is 9.92. The van der Waals surface area contributed by atoms with Crippen molar-refractivity contribution >= 4 is 17.8 Å². The van der Waals surface area contributed by atoms with Gasteiger partial charge in [-0.3, -0.25) is 4.79 Å². The second-order valence-corrected chi connectivity index (χ2v) is 3.70. The molecule has 19 heavy (non-hydrogen) atoms. The summed E-state index contributed by atoms with van der Waals surface area (Å²) in [5.41, 5.74) is 0.695. The molecule has 0 saturated heterocycles. The van der Waals surface area contributed by atoms with Crippen LogP contribution in [0.4, 0.5) is 10.1 Å². The van der Waals surface area contributed by atoms with Gasteiger partial charge in [-0.05, 0) is 31.2 Å². The van der Waals surface area contributed by atoms with Crippen molar-refractivity contribution < 1.29 is 18.9 Å². The van der Waals surface area contributed by atoms with Gasteiger partial charge in [-0.25, -0.2) is 4.39 Å². The van der Waals surface area contributed by atoms with Gasteiger partial charge in [0.1, 0.15) is 22.8 Å². The highest BCUT2D eigenvalue weighted by Gasteiger charge is 2.19. The summed E-state index contributed by atoms with van der Waals surface area (Å²) in [5.74, 6) is -0.595. The van der Waals surface area contributed by atoms with Gasteiger partial charge in [-0.1, -0.05) is 10.3 Å². The molecular weight excluding hydrogens is 253 g/mol. The number of nitrogens with zero attached hydrogens (tertiary/aromatic N) is 2. The van der Waals surface area contributed by atoms with E-state index in [1.807, 2.05) is 0 Å². The number of nitrogens with one attached hydrogen (secondary N) is 1. The molecule has 1 aromatic carbocycles. The molecule has 2 aromatic rings. The van der Waals surface area contributed by atoms with Gasteiger partial charge in [0.25, 0.3) is 5.91 Å². The van der Waals surface area contributed by atoms with Crippen molar-refractivity contribution in [3.63, 3.8) is 0 Å². The summed E-state index contributed by atoms with van der Waals surface area (Å²) in [6, 6.07) is 5.31. The molecule has 2 N–H and O–H groups in total. The second-order valence-electron chi connectivity index (χ2n) is 3.70. The van der Waals surface area contributed by atoms with Crippen molar-refractivity contribution in [1.82, 2.24) is 5.16 Å². The van der Waals surface area contributed by atoms with Crippen molar-refractivity contribution in [3.8, 4) is 0 Å². The number of amides is 1. The highest BCUT2D eigenvalue weighted by molar-refractivity contribution is 6.09. The van der Waals surface area contributed by atoms with E-state index in [1.165, 1.54) is 24.3 Å². The van der Waals surface area contributed by atoms with Crippen LogP contribution in [0.25, 0.3) is 0 Å². The Balaban J connectivity index is 2.25. The molecule has 0 aliphatic rings. The first kappa shape index (κ1) is 12.7. The van der Waals surface area contributed by atoms with Crippen LogP contribution >= 0.6 is 0 Å². The van der Waals surface area contributed by atoms with Crippen molar-refractivity contribution in [2.45, 2.75) is 6.92 Å². The van der Waals surface area contributed by atoms with E-state index in [9.17, 15) is 9.18 Å². The summed E-state index contributed by atoms with van der Waals surface area (Å²) >= 11 is 0. The maximum absolute atomic E-state index is 12.7.